The van der Waals surface area contributed by atoms with Crippen molar-refractivity contribution < 1.29 is 4.79 Å². The van der Waals surface area contributed by atoms with Crippen molar-refractivity contribution in [3.8, 4) is 0 Å². The van der Waals surface area contributed by atoms with Gasteiger partial charge in [0.1, 0.15) is 0 Å². The second-order valence-electron chi connectivity index (χ2n) is 7.82. The Labute approximate surface area is 151 Å². The van der Waals surface area contributed by atoms with Crippen LogP contribution in [-0.2, 0) is 4.79 Å². The summed E-state index contributed by atoms with van der Waals surface area (Å²) < 4.78 is 0. The van der Waals surface area contributed by atoms with Crippen LogP contribution in [0.25, 0.3) is 0 Å². The van der Waals surface area contributed by atoms with Crippen molar-refractivity contribution in [1.29, 1.82) is 0 Å². The maximum Gasteiger partial charge on any atom is 0.219 e. The Morgan fingerprint density at radius 2 is 0.708 bits per heavy atom. The molecule has 0 unspecified atom stereocenters. The van der Waals surface area contributed by atoms with Crippen LogP contribution in [0.4, 0.5) is 0 Å². The van der Waals surface area contributed by atoms with Crippen LogP contribution in [0.3, 0.4) is 0 Å². The van der Waals surface area contributed by atoms with E-state index in [4.69, 9.17) is 0 Å². The number of hydrogen-bond donors (Lipinski definition) is 1. The summed E-state index contributed by atoms with van der Waals surface area (Å²) in [6, 6.07) is 0. The van der Waals surface area contributed by atoms with E-state index in [1.807, 2.05) is 0 Å². The smallest absolute Gasteiger partial charge is 0.219 e. The monoisotopic (exact) mass is 337 g/mol. The van der Waals surface area contributed by atoms with Gasteiger partial charge in [0.15, 0.2) is 0 Å². The van der Waals surface area contributed by atoms with Gasteiger partial charge in [-0.15, -0.1) is 0 Å². The Balaban J connectivity index is 2.08. The first-order chi connectivity index (χ1) is 11.9. The topological polar surface area (TPSA) is 29.1 Å². The molecule has 0 spiro atoms. The van der Waals surface area contributed by atoms with Crippen LogP contribution < -0.4 is 5.32 Å². The summed E-state index contributed by atoms with van der Waals surface area (Å²) in [5.41, 5.74) is 0. The van der Waals surface area contributed by atoms with Crippen molar-refractivity contribution in [2.75, 3.05) is 6.54 Å². The molecule has 1 N–H and O–H groups in total. The summed E-state index contributed by atoms with van der Waals surface area (Å²) in [5.74, 6) is 0.272. The van der Waals surface area contributed by atoms with E-state index in [1.54, 1.807) is 0 Å². The third kappa shape index (κ3) is 15.0. The highest BCUT2D eigenvalue weighted by molar-refractivity contribution is 5.75. The Kier molecular flexibility index (Phi) is 15.5. The summed E-state index contributed by atoms with van der Waals surface area (Å²) in [6.07, 6.45) is 26.7. The third-order valence-corrected chi connectivity index (χ3v) is 5.40. The Bertz CT molecular complexity index is 251. The maximum atomic E-state index is 11.8. The highest BCUT2D eigenvalue weighted by Gasteiger charge is 2.01. The molecule has 1 heterocycles. The molecule has 0 aromatic rings. The molecule has 0 radical (unpaired) electrons. The lowest BCUT2D eigenvalue weighted by Gasteiger charge is -2.05. The SMILES string of the molecule is O=C1CCCCCCCCCCCCCCCCCCCCCN1. The number of hydrogen-bond acceptors (Lipinski definition) is 1. The molecule has 2 nitrogen and oxygen atoms in total. The van der Waals surface area contributed by atoms with Crippen LogP contribution in [0, 0.1) is 0 Å². The fourth-order valence-electron chi connectivity index (χ4n) is 3.73. The van der Waals surface area contributed by atoms with Gasteiger partial charge in [0, 0.05) is 13.0 Å². The van der Waals surface area contributed by atoms with Gasteiger partial charge in [-0.3, -0.25) is 4.79 Å². The normalized spacial score (nSPS) is 23.2. The van der Waals surface area contributed by atoms with Crippen molar-refractivity contribution in [3.63, 3.8) is 0 Å². The van der Waals surface area contributed by atoms with Gasteiger partial charge in [-0.05, 0) is 12.8 Å². The van der Waals surface area contributed by atoms with Gasteiger partial charge < -0.3 is 5.32 Å². The Hall–Kier alpha value is -0.530. The minimum absolute atomic E-state index is 0.272. The quantitative estimate of drug-likeness (QED) is 0.510. The van der Waals surface area contributed by atoms with Crippen molar-refractivity contribution in [2.45, 2.75) is 128 Å². The van der Waals surface area contributed by atoms with Crippen LogP contribution in [0.15, 0.2) is 0 Å². The Morgan fingerprint density at radius 3 is 1.08 bits per heavy atom. The van der Waals surface area contributed by atoms with E-state index in [2.05, 4.69) is 5.32 Å². The number of rotatable bonds is 0. The van der Waals surface area contributed by atoms with E-state index in [-0.39, 0.29) is 5.91 Å². The first-order valence-corrected chi connectivity index (χ1v) is 11.2. The lowest BCUT2D eigenvalue weighted by atomic mass is 10.0. The summed E-state index contributed by atoms with van der Waals surface area (Å²) in [7, 11) is 0. The van der Waals surface area contributed by atoms with Crippen LogP contribution in [0.2, 0.25) is 0 Å². The average Bonchev–Trinajstić information content (AvgIpc) is 2.58. The van der Waals surface area contributed by atoms with Crippen molar-refractivity contribution in [1.82, 2.24) is 5.32 Å². The van der Waals surface area contributed by atoms with E-state index in [9.17, 15) is 4.79 Å². The maximum absolute atomic E-state index is 11.8. The number of amides is 1. The standard InChI is InChI=1S/C22H43NO/c24-22-20-18-16-14-12-10-8-6-4-2-1-3-5-7-9-11-13-15-17-19-21-23-22/h1-21H2,(H,23,24). The van der Waals surface area contributed by atoms with Gasteiger partial charge in [-0.1, -0.05) is 109 Å². The predicted molar refractivity (Wildman–Crippen MR) is 105 cm³/mol. The second-order valence-corrected chi connectivity index (χ2v) is 7.82. The minimum atomic E-state index is 0.272. The van der Waals surface area contributed by atoms with Gasteiger partial charge in [0.05, 0.1) is 0 Å². The molecule has 1 aliphatic heterocycles. The molecule has 0 aromatic carbocycles. The van der Waals surface area contributed by atoms with Gasteiger partial charge in [-0.2, -0.15) is 0 Å². The molecule has 24 heavy (non-hydrogen) atoms. The van der Waals surface area contributed by atoms with E-state index in [0.717, 1.165) is 25.8 Å². The molecule has 1 amide bonds. The fraction of sp³-hybridized carbons (Fsp3) is 0.955. The van der Waals surface area contributed by atoms with Gasteiger partial charge in [0.2, 0.25) is 5.91 Å². The molecule has 0 atom stereocenters. The number of carbonyl (C=O) groups excluding carboxylic acids is 1. The van der Waals surface area contributed by atoms with Crippen LogP contribution in [-0.4, -0.2) is 12.5 Å². The second kappa shape index (κ2) is 17.3. The van der Waals surface area contributed by atoms with Crippen molar-refractivity contribution in [3.05, 3.63) is 0 Å². The number of carbonyl (C=O) groups is 1. The molecular formula is C22H43NO. The summed E-state index contributed by atoms with van der Waals surface area (Å²) in [5, 5.41) is 3.09. The van der Waals surface area contributed by atoms with E-state index < -0.39 is 0 Å². The first-order valence-electron chi connectivity index (χ1n) is 11.2. The molecule has 0 bridgehead atoms. The molecule has 0 aliphatic carbocycles. The fourth-order valence-corrected chi connectivity index (χ4v) is 3.73. The van der Waals surface area contributed by atoms with Gasteiger partial charge >= 0.3 is 0 Å². The highest BCUT2D eigenvalue weighted by Crippen LogP contribution is 2.15. The molecule has 0 aromatic heterocycles. The number of nitrogens with one attached hydrogen (secondary N) is 1. The van der Waals surface area contributed by atoms with E-state index >= 15 is 0 Å². The zero-order valence-electron chi connectivity index (χ0n) is 16.3. The zero-order chi connectivity index (χ0) is 17.1. The van der Waals surface area contributed by atoms with E-state index in [1.165, 1.54) is 109 Å². The lowest BCUT2D eigenvalue weighted by Crippen LogP contribution is -2.23. The zero-order valence-corrected chi connectivity index (χ0v) is 16.3. The summed E-state index contributed by atoms with van der Waals surface area (Å²) in [6.45, 7) is 0.888. The summed E-state index contributed by atoms with van der Waals surface area (Å²) >= 11 is 0. The van der Waals surface area contributed by atoms with Gasteiger partial charge in [0.25, 0.3) is 0 Å². The van der Waals surface area contributed by atoms with Crippen molar-refractivity contribution in [2.24, 2.45) is 0 Å². The first kappa shape index (κ1) is 21.5. The van der Waals surface area contributed by atoms with Crippen LogP contribution in [0.1, 0.15) is 128 Å². The Morgan fingerprint density at radius 1 is 0.417 bits per heavy atom. The predicted octanol–water partition coefficient (Wildman–Crippen LogP) is 6.92. The molecule has 1 saturated heterocycles. The average molecular weight is 338 g/mol. The highest BCUT2D eigenvalue weighted by atomic mass is 16.1. The third-order valence-electron chi connectivity index (χ3n) is 5.40. The van der Waals surface area contributed by atoms with Crippen molar-refractivity contribution >= 4 is 5.91 Å². The molecule has 142 valence electrons. The molecule has 2 heteroatoms. The largest absolute Gasteiger partial charge is 0.356 e. The van der Waals surface area contributed by atoms with Crippen LogP contribution in [0.5, 0.6) is 0 Å². The molecular weight excluding hydrogens is 294 g/mol. The lowest BCUT2D eigenvalue weighted by molar-refractivity contribution is -0.121. The molecule has 1 rings (SSSR count). The molecule has 0 saturated carbocycles. The van der Waals surface area contributed by atoms with E-state index in [0.29, 0.717) is 0 Å². The molecule has 1 fully saturated rings. The summed E-state index contributed by atoms with van der Waals surface area (Å²) in [4.78, 5) is 11.8. The van der Waals surface area contributed by atoms with Crippen LogP contribution >= 0.6 is 0 Å². The minimum Gasteiger partial charge on any atom is -0.356 e. The molecule has 1 aliphatic rings. The van der Waals surface area contributed by atoms with Gasteiger partial charge in [-0.25, -0.2) is 0 Å².